The number of hydrogen-bond donors (Lipinski definition) is 1. The van der Waals surface area contributed by atoms with Gasteiger partial charge < -0.3 is 10.1 Å². The van der Waals surface area contributed by atoms with E-state index in [-0.39, 0.29) is 5.82 Å². The highest BCUT2D eigenvalue weighted by atomic mass is 19.1. The molecule has 1 aromatic rings. The van der Waals surface area contributed by atoms with Gasteiger partial charge in [-0.05, 0) is 24.6 Å². The molecule has 2 nitrogen and oxygen atoms in total. The van der Waals surface area contributed by atoms with E-state index in [0.29, 0.717) is 11.7 Å². The summed E-state index contributed by atoms with van der Waals surface area (Å²) in [4.78, 5) is 0. The Labute approximate surface area is 83.1 Å². The fourth-order valence-electron chi connectivity index (χ4n) is 1.92. The van der Waals surface area contributed by atoms with Crippen molar-refractivity contribution in [3.63, 3.8) is 0 Å². The molecule has 1 fully saturated rings. The normalized spacial score (nSPS) is 21.1. The Morgan fingerprint density at radius 1 is 1.50 bits per heavy atom. The van der Waals surface area contributed by atoms with Crippen molar-refractivity contribution >= 4 is 0 Å². The average Bonchev–Trinajstić information content (AvgIpc) is 2.71. The van der Waals surface area contributed by atoms with Crippen LogP contribution in [0.3, 0.4) is 0 Å². The van der Waals surface area contributed by atoms with Gasteiger partial charge in [-0.25, -0.2) is 4.39 Å². The third kappa shape index (κ3) is 1.60. The fraction of sp³-hybridized carbons (Fsp3) is 0.455. The van der Waals surface area contributed by atoms with Gasteiger partial charge in [-0.3, -0.25) is 0 Å². The van der Waals surface area contributed by atoms with E-state index in [4.69, 9.17) is 4.74 Å². The second-order valence-electron chi connectivity index (χ2n) is 3.55. The molecule has 0 spiro atoms. The third-order valence-corrected chi connectivity index (χ3v) is 2.71. The van der Waals surface area contributed by atoms with Gasteiger partial charge in [-0.1, -0.05) is 12.1 Å². The first-order valence-electron chi connectivity index (χ1n) is 4.86. The highest BCUT2D eigenvalue weighted by molar-refractivity contribution is 5.33. The molecule has 1 aliphatic heterocycles. The van der Waals surface area contributed by atoms with Gasteiger partial charge in [-0.2, -0.15) is 0 Å². The largest absolute Gasteiger partial charge is 0.494 e. The molecule has 1 atom stereocenters. The van der Waals surface area contributed by atoms with Gasteiger partial charge in [0, 0.05) is 12.5 Å². The lowest BCUT2D eigenvalue weighted by Crippen LogP contribution is -2.09. The summed E-state index contributed by atoms with van der Waals surface area (Å²) in [5.41, 5.74) is 0.773. The topological polar surface area (TPSA) is 21.3 Å². The Bertz CT molecular complexity index is 321. The lowest BCUT2D eigenvalue weighted by atomic mass is 9.97. The quantitative estimate of drug-likeness (QED) is 0.778. The second-order valence-corrected chi connectivity index (χ2v) is 3.55. The maximum atomic E-state index is 13.8. The van der Waals surface area contributed by atoms with Gasteiger partial charge >= 0.3 is 0 Å². The summed E-state index contributed by atoms with van der Waals surface area (Å²) < 4.78 is 18.7. The van der Waals surface area contributed by atoms with Crippen LogP contribution in [0.5, 0.6) is 5.75 Å². The zero-order valence-electron chi connectivity index (χ0n) is 8.22. The van der Waals surface area contributed by atoms with Crippen LogP contribution in [0, 0.1) is 5.82 Å². The van der Waals surface area contributed by atoms with E-state index in [0.717, 1.165) is 25.1 Å². The predicted octanol–water partition coefficient (Wildman–Crippen LogP) is 1.91. The molecule has 0 aliphatic carbocycles. The SMILES string of the molecule is COc1cccc([C@H]2CCNC2)c1F. The van der Waals surface area contributed by atoms with E-state index in [1.807, 2.05) is 12.1 Å². The Morgan fingerprint density at radius 2 is 2.36 bits per heavy atom. The predicted molar refractivity (Wildman–Crippen MR) is 53.2 cm³/mol. The number of methoxy groups -OCH3 is 1. The van der Waals surface area contributed by atoms with E-state index in [1.165, 1.54) is 7.11 Å². The molecule has 0 radical (unpaired) electrons. The first-order chi connectivity index (χ1) is 6.83. The Kier molecular flexibility index (Phi) is 2.68. The van der Waals surface area contributed by atoms with Gasteiger partial charge in [0.05, 0.1) is 7.11 Å². The Morgan fingerprint density at radius 3 is 3.00 bits per heavy atom. The molecule has 1 saturated heterocycles. The van der Waals surface area contributed by atoms with Gasteiger partial charge in [-0.15, -0.1) is 0 Å². The van der Waals surface area contributed by atoms with Gasteiger partial charge in [0.1, 0.15) is 0 Å². The van der Waals surface area contributed by atoms with Crippen molar-refractivity contribution in [2.24, 2.45) is 0 Å². The molecule has 0 amide bonds. The molecule has 1 N–H and O–H groups in total. The smallest absolute Gasteiger partial charge is 0.168 e. The van der Waals surface area contributed by atoms with Crippen LogP contribution in [0.4, 0.5) is 4.39 Å². The van der Waals surface area contributed by atoms with Crippen LogP contribution in [0.15, 0.2) is 18.2 Å². The number of ether oxygens (including phenoxy) is 1. The number of rotatable bonds is 2. The molecule has 0 unspecified atom stereocenters. The lowest BCUT2D eigenvalue weighted by Gasteiger charge is -2.11. The molecular formula is C11H14FNO. The summed E-state index contributed by atoms with van der Waals surface area (Å²) in [6.45, 7) is 1.84. The second kappa shape index (κ2) is 3.96. The molecular weight excluding hydrogens is 181 g/mol. The summed E-state index contributed by atoms with van der Waals surface area (Å²) >= 11 is 0. The molecule has 76 valence electrons. The summed E-state index contributed by atoms with van der Waals surface area (Å²) in [5, 5.41) is 3.23. The van der Waals surface area contributed by atoms with Gasteiger partial charge in [0.15, 0.2) is 11.6 Å². The molecule has 3 heteroatoms. The summed E-state index contributed by atoms with van der Waals surface area (Å²) in [6, 6.07) is 5.34. The number of halogens is 1. The molecule has 0 bridgehead atoms. The van der Waals surface area contributed by atoms with Gasteiger partial charge in [0.25, 0.3) is 0 Å². The van der Waals surface area contributed by atoms with Gasteiger partial charge in [0.2, 0.25) is 0 Å². The van der Waals surface area contributed by atoms with E-state index < -0.39 is 0 Å². The van der Waals surface area contributed by atoms with Crippen molar-refractivity contribution < 1.29 is 9.13 Å². The monoisotopic (exact) mass is 195 g/mol. The van der Waals surface area contributed by atoms with Crippen LogP contribution in [-0.4, -0.2) is 20.2 Å². The summed E-state index contributed by atoms with van der Waals surface area (Å²) in [6.07, 6.45) is 1.00. The van der Waals surface area contributed by atoms with Crippen LogP contribution < -0.4 is 10.1 Å². The van der Waals surface area contributed by atoms with Crippen LogP contribution in [0.25, 0.3) is 0 Å². The lowest BCUT2D eigenvalue weighted by molar-refractivity contribution is 0.382. The summed E-state index contributed by atoms with van der Waals surface area (Å²) in [7, 11) is 1.50. The van der Waals surface area contributed by atoms with Crippen molar-refractivity contribution in [1.29, 1.82) is 0 Å². The summed E-state index contributed by atoms with van der Waals surface area (Å²) in [5.74, 6) is 0.434. The minimum Gasteiger partial charge on any atom is -0.494 e. The minimum absolute atomic E-state index is 0.205. The molecule has 1 aromatic carbocycles. The van der Waals surface area contributed by atoms with Crippen molar-refractivity contribution in [3.05, 3.63) is 29.6 Å². The van der Waals surface area contributed by atoms with Crippen molar-refractivity contribution in [1.82, 2.24) is 5.32 Å². The minimum atomic E-state index is -0.205. The standard InChI is InChI=1S/C11H14FNO/c1-14-10-4-2-3-9(11(10)12)8-5-6-13-7-8/h2-4,8,13H,5-7H2,1H3/t8-/m0/s1. The highest BCUT2D eigenvalue weighted by Gasteiger charge is 2.21. The highest BCUT2D eigenvalue weighted by Crippen LogP contribution is 2.29. The zero-order valence-corrected chi connectivity index (χ0v) is 8.22. The van der Waals surface area contributed by atoms with Crippen molar-refractivity contribution in [2.75, 3.05) is 20.2 Å². The Hall–Kier alpha value is -1.09. The van der Waals surface area contributed by atoms with Crippen molar-refractivity contribution in [2.45, 2.75) is 12.3 Å². The van der Waals surface area contributed by atoms with E-state index in [1.54, 1.807) is 6.07 Å². The van der Waals surface area contributed by atoms with E-state index in [2.05, 4.69) is 5.32 Å². The molecule has 1 heterocycles. The van der Waals surface area contributed by atoms with E-state index >= 15 is 0 Å². The maximum Gasteiger partial charge on any atom is 0.168 e. The first kappa shape index (κ1) is 9.46. The van der Waals surface area contributed by atoms with Crippen LogP contribution in [0.1, 0.15) is 17.9 Å². The third-order valence-electron chi connectivity index (χ3n) is 2.71. The van der Waals surface area contributed by atoms with E-state index in [9.17, 15) is 4.39 Å². The molecule has 0 saturated carbocycles. The van der Waals surface area contributed by atoms with Crippen LogP contribution >= 0.6 is 0 Å². The molecule has 1 aliphatic rings. The molecule has 2 rings (SSSR count). The van der Waals surface area contributed by atoms with Crippen molar-refractivity contribution in [3.8, 4) is 5.75 Å². The number of nitrogens with one attached hydrogen (secondary N) is 1. The van der Waals surface area contributed by atoms with Crippen LogP contribution in [-0.2, 0) is 0 Å². The fourth-order valence-corrected chi connectivity index (χ4v) is 1.92. The zero-order chi connectivity index (χ0) is 9.97. The Balaban J connectivity index is 2.32. The van der Waals surface area contributed by atoms with Crippen LogP contribution in [0.2, 0.25) is 0 Å². The molecule has 14 heavy (non-hydrogen) atoms. The average molecular weight is 195 g/mol. The maximum absolute atomic E-state index is 13.8. The number of benzene rings is 1. The first-order valence-corrected chi connectivity index (χ1v) is 4.86. The number of hydrogen-bond acceptors (Lipinski definition) is 2. The molecule has 0 aromatic heterocycles.